The maximum Gasteiger partial charge on any atom is 0.231 e. The summed E-state index contributed by atoms with van der Waals surface area (Å²) in [7, 11) is 0. The van der Waals surface area contributed by atoms with Crippen LogP contribution in [0.5, 0.6) is 0 Å². The Hall–Kier alpha value is -2.91. The lowest BCUT2D eigenvalue weighted by Gasteiger charge is -2.37. The molecule has 0 aromatic heterocycles. The summed E-state index contributed by atoms with van der Waals surface area (Å²) in [6.45, 7) is 3.28. The van der Waals surface area contributed by atoms with Crippen molar-refractivity contribution in [2.75, 3.05) is 13.2 Å². The SMILES string of the molecule is Cc1ccc([C@@H](NC(=O)C2(c3ccccc3)CCOCC2)c2ccccc2)cc1. The number of ether oxygens (including phenoxy) is 1. The van der Waals surface area contributed by atoms with Crippen molar-refractivity contribution < 1.29 is 9.53 Å². The van der Waals surface area contributed by atoms with Crippen molar-refractivity contribution in [2.24, 2.45) is 0 Å². The van der Waals surface area contributed by atoms with Crippen LogP contribution in [0.4, 0.5) is 0 Å². The molecule has 1 aliphatic heterocycles. The van der Waals surface area contributed by atoms with Crippen LogP contribution in [0.25, 0.3) is 0 Å². The highest BCUT2D eigenvalue weighted by Crippen LogP contribution is 2.36. The normalized spacial score (nSPS) is 16.7. The van der Waals surface area contributed by atoms with Crippen molar-refractivity contribution in [3.63, 3.8) is 0 Å². The molecule has 3 aromatic carbocycles. The van der Waals surface area contributed by atoms with Crippen molar-refractivity contribution >= 4 is 5.91 Å². The summed E-state index contributed by atoms with van der Waals surface area (Å²) in [4.78, 5) is 13.8. The summed E-state index contributed by atoms with van der Waals surface area (Å²) in [5.41, 5.74) is 3.89. The zero-order chi connectivity index (χ0) is 20.1. The molecule has 1 amide bonds. The van der Waals surface area contributed by atoms with Crippen molar-refractivity contribution in [3.05, 3.63) is 107 Å². The van der Waals surface area contributed by atoms with Gasteiger partial charge in [0.15, 0.2) is 0 Å². The fraction of sp³-hybridized carbons (Fsp3) is 0.269. The summed E-state index contributed by atoms with van der Waals surface area (Å²) in [5.74, 6) is 0.0708. The first-order chi connectivity index (χ1) is 14.2. The lowest BCUT2D eigenvalue weighted by molar-refractivity contribution is -0.131. The van der Waals surface area contributed by atoms with Crippen LogP contribution in [0.2, 0.25) is 0 Å². The van der Waals surface area contributed by atoms with Gasteiger partial charge in [0.1, 0.15) is 0 Å². The van der Waals surface area contributed by atoms with E-state index in [-0.39, 0.29) is 11.9 Å². The van der Waals surface area contributed by atoms with Crippen LogP contribution < -0.4 is 5.32 Å². The Morgan fingerprint density at radius 1 is 0.828 bits per heavy atom. The molecule has 3 nitrogen and oxygen atoms in total. The number of carbonyl (C=O) groups excluding carboxylic acids is 1. The second-order valence-electron chi connectivity index (χ2n) is 7.79. The fourth-order valence-corrected chi connectivity index (χ4v) is 4.16. The van der Waals surface area contributed by atoms with Gasteiger partial charge in [0.25, 0.3) is 0 Å². The van der Waals surface area contributed by atoms with E-state index in [9.17, 15) is 4.79 Å². The number of amides is 1. The van der Waals surface area contributed by atoms with Crippen LogP contribution in [-0.2, 0) is 14.9 Å². The van der Waals surface area contributed by atoms with Crippen LogP contribution in [0.15, 0.2) is 84.9 Å². The molecule has 4 rings (SSSR count). The molecular formula is C26H27NO2. The first-order valence-electron chi connectivity index (χ1n) is 10.2. The van der Waals surface area contributed by atoms with Gasteiger partial charge < -0.3 is 10.1 Å². The second kappa shape index (κ2) is 8.62. The van der Waals surface area contributed by atoms with Crippen LogP contribution in [-0.4, -0.2) is 19.1 Å². The number of benzene rings is 3. The molecule has 148 valence electrons. The predicted octanol–water partition coefficient (Wildman–Crippen LogP) is 4.95. The molecule has 3 heteroatoms. The van der Waals surface area contributed by atoms with E-state index in [2.05, 4.69) is 60.8 Å². The van der Waals surface area contributed by atoms with Crippen molar-refractivity contribution in [1.82, 2.24) is 5.32 Å². The summed E-state index contributed by atoms with van der Waals surface area (Å²) >= 11 is 0. The van der Waals surface area contributed by atoms with E-state index in [1.807, 2.05) is 36.4 Å². The van der Waals surface area contributed by atoms with Gasteiger partial charge in [-0.1, -0.05) is 90.5 Å². The molecule has 3 aromatic rings. The first kappa shape index (κ1) is 19.4. The van der Waals surface area contributed by atoms with E-state index >= 15 is 0 Å². The third-order valence-corrected chi connectivity index (χ3v) is 5.93. The van der Waals surface area contributed by atoms with Gasteiger partial charge in [-0.15, -0.1) is 0 Å². The van der Waals surface area contributed by atoms with E-state index in [1.54, 1.807) is 0 Å². The highest BCUT2D eigenvalue weighted by atomic mass is 16.5. The topological polar surface area (TPSA) is 38.3 Å². The number of hydrogen-bond donors (Lipinski definition) is 1. The molecule has 0 bridgehead atoms. The van der Waals surface area contributed by atoms with Gasteiger partial charge in [0, 0.05) is 13.2 Å². The molecule has 1 aliphatic rings. The summed E-state index contributed by atoms with van der Waals surface area (Å²) in [5, 5.41) is 3.38. The quantitative estimate of drug-likeness (QED) is 0.675. The van der Waals surface area contributed by atoms with Crippen LogP contribution in [0, 0.1) is 6.92 Å². The Morgan fingerprint density at radius 2 is 1.38 bits per heavy atom. The molecule has 29 heavy (non-hydrogen) atoms. The first-order valence-corrected chi connectivity index (χ1v) is 10.2. The largest absolute Gasteiger partial charge is 0.381 e. The van der Waals surface area contributed by atoms with Gasteiger partial charge in [-0.2, -0.15) is 0 Å². The third-order valence-electron chi connectivity index (χ3n) is 5.93. The number of aryl methyl sites for hydroxylation is 1. The number of nitrogens with one attached hydrogen (secondary N) is 1. The summed E-state index contributed by atoms with van der Waals surface area (Å²) in [6.07, 6.45) is 1.39. The van der Waals surface area contributed by atoms with E-state index < -0.39 is 5.41 Å². The Labute approximate surface area is 172 Å². The van der Waals surface area contributed by atoms with E-state index in [0.29, 0.717) is 26.1 Å². The molecule has 0 saturated carbocycles. The Morgan fingerprint density at radius 3 is 2.00 bits per heavy atom. The average molecular weight is 386 g/mol. The maximum absolute atomic E-state index is 13.8. The molecule has 0 aliphatic carbocycles. The molecule has 1 atom stereocenters. The average Bonchev–Trinajstić information content (AvgIpc) is 2.79. The molecule has 0 radical (unpaired) electrons. The Kier molecular flexibility index (Phi) is 5.77. The van der Waals surface area contributed by atoms with Gasteiger partial charge in [-0.3, -0.25) is 4.79 Å². The van der Waals surface area contributed by atoms with E-state index in [0.717, 1.165) is 16.7 Å². The van der Waals surface area contributed by atoms with Crippen LogP contribution >= 0.6 is 0 Å². The Bertz CT molecular complexity index is 929. The third kappa shape index (κ3) is 4.10. The number of carbonyl (C=O) groups is 1. The highest BCUT2D eigenvalue weighted by molar-refractivity contribution is 5.89. The van der Waals surface area contributed by atoms with Gasteiger partial charge in [-0.25, -0.2) is 0 Å². The van der Waals surface area contributed by atoms with E-state index in [4.69, 9.17) is 4.74 Å². The zero-order valence-electron chi connectivity index (χ0n) is 16.8. The monoisotopic (exact) mass is 385 g/mol. The molecule has 1 N–H and O–H groups in total. The fourth-order valence-electron chi connectivity index (χ4n) is 4.16. The summed E-state index contributed by atoms with van der Waals surface area (Å²) in [6, 6.07) is 28.5. The van der Waals surface area contributed by atoms with Crippen molar-refractivity contribution in [3.8, 4) is 0 Å². The molecule has 1 fully saturated rings. The minimum Gasteiger partial charge on any atom is -0.381 e. The van der Waals surface area contributed by atoms with Crippen LogP contribution in [0.3, 0.4) is 0 Å². The highest BCUT2D eigenvalue weighted by Gasteiger charge is 2.42. The molecule has 0 unspecified atom stereocenters. The lowest BCUT2D eigenvalue weighted by atomic mass is 9.73. The molecule has 1 heterocycles. The minimum absolute atomic E-state index is 0.0708. The number of rotatable bonds is 5. The second-order valence-corrected chi connectivity index (χ2v) is 7.79. The van der Waals surface area contributed by atoms with Gasteiger partial charge in [0.2, 0.25) is 5.91 Å². The minimum atomic E-state index is -0.558. The maximum atomic E-state index is 13.8. The lowest BCUT2D eigenvalue weighted by Crippen LogP contribution is -2.49. The zero-order valence-corrected chi connectivity index (χ0v) is 16.8. The summed E-state index contributed by atoms with van der Waals surface area (Å²) < 4.78 is 5.60. The van der Waals surface area contributed by atoms with E-state index in [1.165, 1.54) is 5.56 Å². The van der Waals surface area contributed by atoms with Gasteiger partial charge >= 0.3 is 0 Å². The predicted molar refractivity (Wildman–Crippen MR) is 116 cm³/mol. The molecule has 1 saturated heterocycles. The van der Waals surface area contributed by atoms with Gasteiger partial charge in [0.05, 0.1) is 11.5 Å². The molecule has 0 spiro atoms. The number of hydrogen-bond acceptors (Lipinski definition) is 2. The van der Waals surface area contributed by atoms with Crippen molar-refractivity contribution in [1.29, 1.82) is 0 Å². The van der Waals surface area contributed by atoms with Crippen molar-refractivity contribution in [2.45, 2.75) is 31.2 Å². The van der Waals surface area contributed by atoms with Gasteiger partial charge in [-0.05, 0) is 36.5 Å². The Balaban J connectivity index is 1.70. The standard InChI is InChI=1S/C26H27NO2/c1-20-12-14-22(15-13-20)24(21-8-4-2-5-9-21)27-25(28)26(16-18-29-19-17-26)23-10-6-3-7-11-23/h2-15,24H,16-19H2,1H3,(H,27,28)/t24-/m0/s1. The van der Waals surface area contributed by atoms with Crippen LogP contribution in [0.1, 0.15) is 41.1 Å². The smallest absolute Gasteiger partial charge is 0.231 e. The molecular weight excluding hydrogens is 358 g/mol.